The molecule has 0 aliphatic rings. The largest absolute Gasteiger partial charge is 0.492 e. The number of anilines is 1. The van der Waals surface area contributed by atoms with Crippen LogP contribution in [-0.2, 0) is 0 Å². The van der Waals surface area contributed by atoms with Gasteiger partial charge in [-0.15, -0.1) is 0 Å². The van der Waals surface area contributed by atoms with Crippen molar-refractivity contribution < 1.29 is 18.4 Å². The van der Waals surface area contributed by atoms with Crippen molar-refractivity contribution in [3.05, 3.63) is 22.4 Å². The van der Waals surface area contributed by atoms with Crippen molar-refractivity contribution in [3.63, 3.8) is 0 Å². The van der Waals surface area contributed by atoms with Crippen LogP contribution < -0.4 is 15.2 Å². The molecule has 1 aromatic heterocycles. The Morgan fingerprint density at radius 3 is 2.44 bits per heavy atom. The molecule has 1 aromatic carbocycles. The minimum absolute atomic E-state index is 0.113. The van der Waals surface area contributed by atoms with E-state index in [1.807, 2.05) is 0 Å². The quantitative estimate of drug-likeness (QED) is 0.942. The maximum Gasteiger partial charge on any atom is 0.175 e. The number of methoxy groups -OCH3 is 2. The molecule has 2 aromatic rings. The lowest BCUT2D eigenvalue weighted by molar-refractivity contribution is 0.349. The SMILES string of the molecule is COc1c(Br)cc(F)c(-c2cc(N)no2)c1OC. The summed E-state index contributed by atoms with van der Waals surface area (Å²) in [4.78, 5) is 0. The van der Waals surface area contributed by atoms with Gasteiger partial charge in [-0.1, -0.05) is 5.16 Å². The smallest absolute Gasteiger partial charge is 0.175 e. The van der Waals surface area contributed by atoms with Crippen LogP contribution in [0.3, 0.4) is 0 Å². The summed E-state index contributed by atoms with van der Waals surface area (Å²) in [7, 11) is 2.87. The van der Waals surface area contributed by atoms with Gasteiger partial charge in [-0.3, -0.25) is 0 Å². The van der Waals surface area contributed by atoms with E-state index in [1.54, 1.807) is 0 Å². The molecule has 0 fully saturated rings. The second-order valence-corrected chi connectivity index (χ2v) is 4.25. The highest BCUT2D eigenvalue weighted by molar-refractivity contribution is 9.10. The third-order valence-corrected chi connectivity index (χ3v) is 2.91. The Morgan fingerprint density at radius 1 is 1.28 bits per heavy atom. The van der Waals surface area contributed by atoms with Gasteiger partial charge in [0.25, 0.3) is 0 Å². The summed E-state index contributed by atoms with van der Waals surface area (Å²) < 4.78 is 29.7. The first kappa shape index (κ1) is 12.7. The number of hydrogen-bond acceptors (Lipinski definition) is 5. The lowest BCUT2D eigenvalue weighted by Gasteiger charge is -2.13. The predicted octanol–water partition coefficient (Wildman–Crippen LogP) is 2.84. The number of benzene rings is 1. The molecule has 18 heavy (non-hydrogen) atoms. The van der Waals surface area contributed by atoms with Crippen LogP contribution in [0.1, 0.15) is 0 Å². The normalized spacial score (nSPS) is 10.4. The van der Waals surface area contributed by atoms with E-state index < -0.39 is 5.82 Å². The van der Waals surface area contributed by atoms with Crippen LogP contribution in [0.5, 0.6) is 11.5 Å². The van der Waals surface area contributed by atoms with E-state index in [0.29, 0.717) is 10.2 Å². The summed E-state index contributed by atoms with van der Waals surface area (Å²) in [5.41, 5.74) is 5.56. The molecule has 0 spiro atoms. The van der Waals surface area contributed by atoms with Gasteiger partial charge < -0.3 is 19.7 Å². The standard InChI is InChI=1S/C11H10BrFN2O3/c1-16-10-5(12)3-6(13)9(11(10)17-2)7-4-8(14)15-18-7/h3-4H,1-2H3,(H2,14,15). The molecule has 2 N–H and O–H groups in total. The number of nitrogen functional groups attached to an aromatic ring is 1. The van der Waals surface area contributed by atoms with E-state index >= 15 is 0 Å². The molecule has 5 nitrogen and oxygen atoms in total. The Morgan fingerprint density at radius 2 is 1.94 bits per heavy atom. The molecule has 0 bridgehead atoms. The molecular formula is C11H10BrFN2O3. The zero-order valence-corrected chi connectivity index (χ0v) is 11.2. The molecule has 0 saturated heterocycles. The number of rotatable bonds is 3. The molecule has 0 aliphatic heterocycles. The molecule has 0 radical (unpaired) electrons. The van der Waals surface area contributed by atoms with E-state index in [0.717, 1.165) is 0 Å². The van der Waals surface area contributed by atoms with E-state index in [9.17, 15) is 4.39 Å². The number of nitrogens with two attached hydrogens (primary N) is 1. The number of halogens is 2. The van der Waals surface area contributed by atoms with Crippen LogP contribution in [0.2, 0.25) is 0 Å². The summed E-state index contributed by atoms with van der Waals surface area (Å²) in [6.07, 6.45) is 0. The number of aromatic nitrogens is 1. The van der Waals surface area contributed by atoms with Crippen LogP contribution in [0.15, 0.2) is 21.1 Å². The molecule has 0 amide bonds. The Bertz CT molecular complexity index is 586. The summed E-state index contributed by atoms with van der Waals surface area (Å²) >= 11 is 3.19. The zero-order valence-electron chi connectivity index (χ0n) is 9.66. The zero-order chi connectivity index (χ0) is 13.3. The van der Waals surface area contributed by atoms with Crippen LogP contribution in [0.4, 0.5) is 10.2 Å². The van der Waals surface area contributed by atoms with Gasteiger partial charge in [0.15, 0.2) is 23.1 Å². The molecule has 96 valence electrons. The Hall–Kier alpha value is -1.76. The molecule has 2 rings (SSSR count). The Kier molecular flexibility index (Phi) is 3.42. The maximum absolute atomic E-state index is 14.0. The fourth-order valence-electron chi connectivity index (χ4n) is 1.60. The number of nitrogens with zero attached hydrogens (tertiary/aromatic N) is 1. The maximum atomic E-state index is 14.0. The second kappa shape index (κ2) is 4.85. The Labute approximate surface area is 111 Å². The predicted molar refractivity (Wildman–Crippen MR) is 67.1 cm³/mol. The van der Waals surface area contributed by atoms with Crippen LogP contribution in [0, 0.1) is 5.82 Å². The number of ether oxygens (including phenoxy) is 2. The van der Waals surface area contributed by atoms with Crippen molar-refractivity contribution in [2.75, 3.05) is 20.0 Å². The highest BCUT2D eigenvalue weighted by Gasteiger charge is 2.23. The van der Waals surface area contributed by atoms with Gasteiger partial charge in [0.05, 0.1) is 18.7 Å². The first-order valence-corrected chi connectivity index (χ1v) is 5.70. The third kappa shape index (κ3) is 2.01. The van der Waals surface area contributed by atoms with Gasteiger partial charge in [0, 0.05) is 6.07 Å². The molecular weight excluding hydrogens is 307 g/mol. The van der Waals surface area contributed by atoms with Crippen molar-refractivity contribution >= 4 is 21.7 Å². The number of hydrogen-bond donors (Lipinski definition) is 1. The first-order valence-electron chi connectivity index (χ1n) is 4.91. The van der Waals surface area contributed by atoms with Crippen molar-refractivity contribution in [1.82, 2.24) is 5.16 Å². The third-order valence-electron chi connectivity index (χ3n) is 2.33. The highest BCUT2D eigenvalue weighted by Crippen LogP contribution is 2.44. The summed E-state index contributed by atoms with van der Waals surface area (Å²) in [6.45, 7) is 0. The first-order chi connectivity index (χ1) is 8.58. The monoisotopic (exact) mass is 316 g/mol. The van der Waals surface area contributed by atoms with Gasteiger partial charge >= 0.3 is 0 Å². The average molecular weight is 317 g/mol. The lowest BCUT2D eigenvalue weighted by Crippen LogP contribution is -1.97. The lowest BCUT2D eigenvalue weighted by atomic mass is 10.1. The highest BCUT2D eigenvalue weighted by atomic mass is 79.9. The summed E-state index contributed by atoms with van der Waals surface area (Å²) in [6, 6.07) is 2.67. The minimum Gasteiger partial charge on any atom is -0.492 e. The molecule has 0 unspecified atom stereocenters. The molecule has 0 saturated carbocycles. The fourth-order valence-corrected chi connectivity index (χ4v) is 2.14. The van der Waals surface area contributed by atoms with E-state index in [1.165, 1.54) is 26.4 Å². The van der Waals surface area contributed by atoms with Gasteiger partial charge in [-0.05, 0) is 22.0 Å². The van der Waals surface area contributed by atoms with Crippen LogP contribution in [0.25, 0.3) is 11.3 Å². The van der Waals surface area contributed by atoms with Crippen molar-refractivity contribution in [1.29, 1.82) is 0 Å². The van der Waals surface area contributed by atoms with Crippen LogP contribution >= 0.6 is 15.9 Å². The molecule has 0 atom stereocenters. The van der Waals surface area contributed by atoms with Crippen molar-refractivity contribution in [2.45, 2.75) is 0 Å². The Balaban J connectivity index is 2.73. The van der Waals surface area contributed by atoms with Gasteiger partial charge in [0.1, 0.15) is 11.4 Å². The summed E-state index contributed by atoms with van der Waals surface area (Å²) in [5.74, 6) is 0.376. The van der Waals surface area contributed by atoms with E-state index in [4.69, 9.17) is 19.7 Å². The van der Waals surface area contributed by atoms with Crippen molar-refractivity contribution in [2.24, 2.45) is 0 Å². The van der Waals surface area contributed by atoms with Gasteiger partial charge in [-0.25, -0.2) is 4.39 Å². The summed E-state index contributed by atoms with van der Waals surface area (Å²) in [5, 5.41) is 3.52. The van der Waals surface area contributed by atoms with Gasteiger partial charge in [-0.2, -0.15) is 0 Å². The van der Waals surface area contributed by atoms with E-state index in [-0.39, 0.29) is 22.9 Å². The topological polar surface area (TPSA) is 70.5 Å². The molecule has 1 heterocycles. The fraction of sp³-hybridized carbons (Fsp3) is 0.182. The molecule has 7 heteroatoms. The average Bonchev–Trinajstić information content (AvgIpc) is 2.74. The van der Waals surface area contributed by atoms with E-state index in [2.05, 4.69) is 21.1 Å². The molecule has 0 aliphatic carbocycles. The van der Waals surface area contributed by atoms with Gasteiger partial charge in [0.2, 0.25) is 0 Å². The van der Waals surface area contributed by atoms with Crippen LogP contribution in [-0.4, -0.2) is 19.4 Å². The minimum atomic E-state index is -0.532. The van der Waals surface area contributed by atoms with Crippen molar-refractivity contribution in [3.8, 4) is 22.8 Å². The second-order valence-electron chi connectivity index (χ2n) is 3.40.